The Labute approximate surface area is 119 Å². The van der Waals surface area contributed by atoms with Gasteiger partial charge in [-0.3, -0.25) is 4.98 Å². The van der Waals surface area contributed by atoms with E-state index in [1.807, 2.05) is 0 Å². The van der Waals surface area contributed by atoms with Crippen molar-refractivity contribution in [3.63, 3.8) is 0 Å². The molecule has 1 amide bonds. The summed E-state index contributed by atoms with van der Waals surface area (Å²) in [6, 6.07) is 1.99. The van der Waals surface area contributed by atoms with Gasteiger partial charge in [-0.2, -0.15) is 13.2 Å². The summed E-state index contributed by atoms with van der Waals surface area (Å²) >= 11 is 0. The van der Waals surface area contributed by atoms with Crippen molar-refractivity contribution in [2.75, 3.05) is 13.2 Å². The number of aromatic nitrogens is 1. The fourth-order valence-corrected chi connectivity index (χ4v) is 2.66. The van der Waals surface area contributed by atoms with E-state index in [4.69, 9.17) is 10.2 Å². The summed E-state index contributed by atoms with van der Waals surface area (Å²) < 4.78 is 37.8. The van der Waals surface area contributed by atoms with E-state index in [1.54, 1.807) is 0 Å². The Balaban J connectivity index is 2.08. The summed E-state index contributed by atoms with van der Waals surface area (Å²) in [5, 5.41) is 18.2. The van der Waals surface area contributed by atoms with Crippen LogP contribution in [0, 0.1) is 5.92 Å². The number of alkyl halides is 3. The quantitative estimate of drug-likeness (QED) is 0.896. The standard InChI is InChI=1S/C13H15F3N2O3/c14-13(15,16)11-5-8(1-2-17-11)3-9-4-10(7-19)18(6-9)12(20)21/h1-2,5,9-10,19H,3-4,6-7H2,(H,20,21)/t9?,10-/m0/s1. The predicted molar refractivity (Wildman–Crippen MR) is 66.7 cm³/mol. The summed E-state index contributed by atoms with van der Waals surface area (Å²) in [7, 11) is 0. The van der Waals surface area contributed by atoms with Gasteiger partial charge in [-0.1, -0.05) is 0 Å². The smallest absolute Gasteiger partial charge is 0.433 e. The van der Waals surface area contributed by atoms with Crippen LogP contribution >= 0.6 is 0 Å². The lowest BCUT2D eigenvalue weighted by Crippen LogP contribution is -2.36. The number of pyridine rings is 1. The van der Waals surface area contributed by atoms with Gasteiger partial charge < -0.3 is 15.1 Å². The van der Waals surface area contributed by atoms with Gasteiger partial charge in [0.05, 0.1) is 12.6 Å². The molecule has 0 bridgehead atoms. The molecule has 1 saturated heterocycles. The van der Waals surface area contributed by atoms with Crippen LogP contribution in [0.1, 0.15) is 17.7 Å². The second-order valence-electron chi connectivity index (χ2n) is 5.12. The van der Waals surface area contributed by atoms with Crippen LogP contribution in [-0.2, 0) is 12.6 Å². The van der Waals surface area contributed by atoms with E-state index in [-0.39, 0.29) is 19.1 Å². The van der Waals surface area contributed by atoms with Gasteiger partial charge >= 0.3 is 12.3 Å². The molecule has 21 heavy (non-hydrogen) atoms. The first-order chi connectivity index (χ1) is 9.81. The van der Waals surface area contributed by atoms with Gasteiger partial charge in [0.25, 0.3) is 0 Å². The summed E-state index contributed by atoms with van der Waals surface area (Å²) in [6.45, 7) is -0.0722. The minimum Gasteiger partial charge on any atom is -0.465 e. The van der Waals surface area contributed by atoms with Crippen molar-refractivity contribution < 1.29 is 28.2 Å². The van der Waals surface area contributed by atoms with Crippen LogP contribution in [0.3, 0.4) is 0 Å². The van der Waals surface area contributed by atoms with Crippen molar-refractivity contribution in [3.05, 3.63) is 29.6 Å². The van der Waals surface area contributed by atoms with Crippen LogP contribution in [0.4, 0.5) is 18.0 Å². The fourth-order valence-electron chi connectivity index (χ4n) is 2.66. The van der Waals surface area contributed by atoms with Gasteiger partial charge in [-0.15, -0.1) is 0 Å². The highest BCUT2D eigenvalue weighted by atomic mass is 19.4. The monoisotopic (exact) mass is 304 g/mol. The van der Waals surface area contributed by atoms with E-state index in [9.17, 15) is 18.0 Å². The molecular formula is C13H15F3N2O3. The van der Waals surface area contributed by atoms with Crippen LogP contribution in [0.25, 0.3) is 0 Å². The van der Waals surface area contributed by atoms with E-state index in [1.165, 1.54) is 6.07 Å². The van der Waals surface area contributed by atoms with Gasteiger partial charge in [0.15, 0.2) is 0 Å². The molecule has 2 N–H and O–H groups in total. The molecule has 2 rings (SSSR count). The Kier molecular flexibility index (Phi) is 4.36. The maximum Gasteiger partial charge on any atom is 0.433 e. The maximum absolute atomic E-state index is 12.6. The van der Waals surface area contributed by atoms with Crippen molar-refractivity contribution in [1.82, 2.24) is 9.88 Å². The third-order valence-electron chi connectivity index (χ3n) is 3.60. The third kappa shape index (κ3) is 3.63. The average Bonchev–Trinajstić information content (AvgIpc) is 2.81. The number of halogens is 3. The molecule has 1 aliphatic rings. The number of rotatable bonds is 3. The van der Waals surface area contributed by atoms with Gasteiger partial charge in [0.2, 0.25) is 0 Å². The lowest BCUT2D eigenvalue weighted by molar-refractivity contribution is -0.141. The Morgan fingerprint density at radius 3 is 2.71 bits per heavy atom. The minimum atomic E-state index is -4.49. The van der Waals surface area contributed by atoms with Crippen LogP contribution in [0.5, 0.6) is 0 Å². The van der Waals surface area contributed by atoms with E-state index in [2.05, 4.69) is 4.98 Å². The number of hydrogen-bond donors (Lipinski definition) is 2. The molecule has 2 atom stereocenters. The van der Waals surface area contributed by atoms with Crippen LogP contribution in [0.2, 0.25) is 0 Å². The van der Waals surface area contributed by atoms with Gasteiger partial charge in [-0.05, 0) is 36.5 Å². The van der Waals surface area contributed by atoms with Crippen molar-refractivity contribution in [3.8, 4) is 0 Å². The zero-order chi connectivity index (χ0) is 15.6. The summed E-state index contributed by atoms with van der Waals surface area (Å²) in [6.07, 6.45) is -3.75. The highest BCUT2D eigenvalue weighted by molar-refractivity contribution is 5.65. The highest BCUT2D eigenvalue weighted by Crippen LogP contribution is 2.30. The Morgan fingerprint density at radius 1 is 1.48 bits per heavy atom. The molecule has 0 radical (unpaired) electrons. The number of amides is 1. The SMILES string of the molecule is O=C(O)N1CC(Cc2ccnc(C(F)(F)F)c2)C[C@H]1CO. The third-order valence-corrected chi connectivity index (χ3v) is 3.60. The van der Waals surface area contributed by atoms with E-state index < -0.39 is 24.0 Å². The first-order valence-corrected chi connectivity index (χ1v) is 6.43. The number of aliphatic hydroxyl groups excluding tert-OH is 1. The van der Waals surface area contributed by atoms with Crippen LogP contribution < -0.4 is 0 Å². The average molecular weight is 304 g/mol. The lowest BCUT2D eigenvalue weighted by atomic mass is 9.97. The minimum absolute atomic E-state index is 0.110. The van der Waals surface area contributed by atoms with Gasteiger partial charge in [0.1, 0.15) is 5.69 Å². The normalized spacial score (nSPS) is 22.6. The zero-order valence-corrected chi connectivity index (χ0v) is 11.0. The summed E-state index contributed by atoms with van der Waals surface area (Å²) in [4.78, 5) is 15.4. The van der Waals surface area contributed by atoms with Crippen LogP contribution in [-0.4, -0.2) is 45.4 Å². The van der Waals surface area contributed by atoms with Crippen molar-refractivity contribution in [2.24, 2.45) is 5.92 Å². The largest absolute Gasteiger partial charge is 0.465 e. The summed E-state index contributed by atoms with van der Waals surface area (Å²) in [5.41, 5.74) is -0.488. The molecule has 0 aromatic carbocycles. The van der Waals surface area contributed by atoms with Crippen molar-refractivity contribution in [1.29, 1.82) is 0 Å². The topological polar surface area (TPSA) is 73.7 Å². The molecule has 0 spiro atoms. The number of hydrogen-bond acceptors (Lipinski definition) is 3. The predicted octanol–water partition coefficient (Wildman–Crippen LogP) is 2.00. The zero-order valence-electron chi connectivity index (χ0n) is 11.0. The number of nitrogens with zero attached hydrogens (tertiary/aromatic N) is 2. The number of carboxylic acid groups (broad SMARTS) is 1. The second kappa shape index (κ2) is 5.88. The molecule has 8 heteroatoms. The van der Waals surface area contributed by atoms with Gasteiger partial charge in [0, 0.05) is 12.7 Å². The fraction of sp³-hybridized carbons (Fsp3) is 0.538. The number of aliphatic hydroxyl groups is 1. The first kappa shape index (κ1) is 15.6. The molecule has 2 heterocycles. The maximum atomic E-state index is 12.6. The van der Waals surface area contributed by atoms with E-state index in [0.717, 1.165) is 17.2 Å². The highest BCUT2D eigenvalue weighted by Gasteiger charge is 2.36. The molecule has 5 nitrogen and oxygen atoms in total. The second-order valence-corrected chi connectivity index (χ2v) is 5.12. The van der Waals surface area contributed by atoms with Gasteiger partial charge in [-0.25, -0.2) is 4.79 Å². The molecule has 1 aromatic heterocycles. The molecule has 0 aliphatic carbocycles. The molecule has 1 aromatic rings. The van der Waals surface area contributed by atoms with Crippen LogP contribution in [0.15, 0.2) is 18.3 Å². The molecule has 1 unspecified atom stereocenters. The molecular weight excluding hydrogens is 289 g/mol. The Hall–Kier alpha value is -1.83. The van der Waals surface area contributed by atoms with E-state index >= 15 is 0 Å². The number of likely N-dealkylation sites (tertiary alicyclic amines) is 1. The number of carbonyl (C=O) groups is 1. The van der Waals surface area contributed by atoms with Crippen molar-refractivity contribution >= 4 is 6.09 Å². The summed E-state index contributed by atoms with van der Waals surface area (Å²) in [5.74, 6) is -0.110. The van der Waals surface area contributed by atoms with E-state index in [0.29, 0.717) is 18.4 Å². The first-order valence-electron chi connectivity index (χ1n) is 6.43. The molecule has 1 fully saturated rings. The molecule has 0 saturated carbocycles. The Bertz CT molecular complexity index is 522. The van der Waals surface area contributed by atoms with Crippen molar-refractivity contribution in [2.45, 2.75) is 25.1 Å². The molecule has 1 aliphatic heterocycles. The molecule has 116 valence electrons. The Morgan fingerprint density at radius 2 is 2.19 bits per heavy atom. The lowest BCUT2D eigenvalue weighted by Gasteiger charge is -2.18.